The molecular formula is C18H15FN4O4. The lowest BCUT2D eigenvalue weighted by molar-refractivity contribution is -0.384. The average molecular weight is 370 g/mol. The number of rotatable bonds is 6. The monoisotopic (exact) mass is 370 g/mol. The molecule has 0 fully saturated rings. The van der Waals surface area contributed by atoms with E-state index in [9.17, 15) is 19.3 Å². The summed E-state index contributed by atoms with van der Waals surface area (Å²) in [6, 6.07) is 9.15. The molecular weight excluding hydrogens is 355 g/mol. The number of aryl methyl sites for hydroxylation is 1. The largest absolute Gasteiger partial charge is 0.486 e. The Labute approximate surface area is 153 Å². The van der Waals surface area contributed by atoms with Crippen molar-refractivity contribution in [1.29, 1.82) is 0 Å². The standard InChI is InChI=1S/C18H15FN4O4/c1-22-9-8-20-17(22)11-27-14-5-2-12(3-6-14)18(24)21-16-10-13(23(25)26)4-7-15(16)19/h2-10H,11H2,1H3,(H,21,24). The molecule has 1 amide bonds. The molecule has 2 aromatic carbocycles. The van der Waals surface area contributed by atoms with Gasteiger partial charge in [0.25, 0.3) is 11.6 Å². The van der Waals surface area contributed by atoms with Crippen LogP contribution >= 0.6 is 0 Å². The molecule has 0 aliphatic rings. The topological polar surface area (TPSA) is 99.3 Å². The minimum atomic E-state index is -0.760. The Kier molecular flexibility index (Phi) is 5.11. The Morgan fingerprint density at radius 1 is 1.30 bits per heavy atom. The molecule has 0 saturated carbocycles. The van der Waals surface area contributed by atoms with Crippen molar-refractivity contribution in [2.75, 3.05) is 5.32 Å². The third kappa shape index (κ3) is 4.27. The van der Waals surface area contributed by atoms with Crippen molar-refractivity contribution >= 4 is 17.3 Å². The summed E-state index contributed by atoms with van der Waals surface area (Å²) in [6.45, 7) is 0.272. The number of imidazole rings is 1. The van der Waals surface area contributed by atoms with Crippen molar-refractivity contribution in [3.63, 3.8) is 0 Å². The van der Waals surface area contributed by atoms with E-state index >= 15 is 0 Å². The van der Waals surface area contributed by atoms with Crippen molar-refractivity contribution in [2.24, 2.45) is 7.05 Å². The quantitative estimate of drug-likeness (QED) is 0.530. The van der Waals surface area contributed by atoms with Crippen LogP contribution in [0.5, 0.6) is 5.75 Å². The van der Waals surface area contributed by atoms with Crippen molar-refractivity contribution in [1.82, 2.24) is 9.55 Å². The maximum absolute atomic E-state index is 13.8. The second-order valence-corrected chi connectivity index (χ2v) is 5.64. The Balaban J connectivity index is 1.66. The lowest BCUT2D eigenvalue weighted by Crippen LogP contribution is -2.13. The predicted octanol–water partition coefficient (Wildman–Crippen LogP) is 3.30. The number of carbonyl (C=O) groups excluding carboxylic acids is 1. The number of carbonyl (C=O) groups is 1. The van der Waals surface area contributed by atoms with Gasteiger partial charge in [-0.2, -0.15) is 0 Å². The van der Waals surface area contributed by atoms with E-state index in [-0.39, 0.29) is 23.5 Å². The van der Waals surface area contributed by atoms with Gasteiger partial charge < -0.3 is 14.6 Å². The fourth-order valence-electron chi connectivity index (χ4n) is 2.30. The number of aromatic nitrogens is 2. The molecule has 0 bridgehead atoms. The van der Waals surface area contributed by atoms with Gasteiger partial charge >= 0.3 is 0 Å². The molecule has 27 heavy (non-hydrogen) atoms. The SMILES string of the molecule is Cn1ccnc1COc1ccc(C(=O)Nc2cc([N+](=O)[O-])ccc2F)cc1. The second kappa shape index (κ2) is 7.65. The molecule has 0 spiro atoms. The molecule has 1 aromatic heterocycles. The first-order chi connectivity index (χ1) is 12.9. The van der Waals surface area contributed by atoms with Crippen molar-refractivity contribution in [2.45, 2.75) is 6.61 Å². The van der Waals surface area contributed by atoms with Gasteiger partial charge in [-0.05, 0) is 30.3 Å². The van der Waals surface area contributed by atoms with Crippen LogP contribution in [0.1, 0.15) is 16.2 Å². The van der Waals surface area contributed by atoms with E-state index in [1.165, 1.54) is 12.1 Å². The van der Waals surface area contributed by atoms with Crippen LogP contribution in [-0.4, -0.2) is 20.4 Å². The van der Waals surface area contributed by atoms with Gasteiger partial charge in [0, 0.05) is 37.1 Å². The number of nitrogens with one attached hydrogen (secondary N) is 1. The predicted molar refractivity (Wildman–Crippen MR) is 95.0 cm³/mol. The lowest BCUT2D eigenvalue weighted by atomic mass is 10.2. The first-order valence-electron chi connectivity index (χ1n) is 7.88. The number of amides is 1. The minimum Gasteiger partial charge on any atom is -0.486 e. The number of non-ortho nitro benzene ring substituents is 1. The van der Waals surface area contributed by atoms with E-state index in [1.807, 2.05) is 11.6 Å². The second-order valence-electron chi connectivity index (χ2n) is 5.64. The summed E-state index contributed by atoms with van der Waals surface area (Å²) in [7, 11) is 1.85. The number of nitro groups is 1. The van der Waals surface area contributed by atoms with Crippen LogP contribution in [0.3, 0.4) is 0 Å². The smallest absolute Gasteiger partial charge is 0.271 e. The molecule has 0 aliphatic heterocycles. The number of nitro benzene ring substituents is 1. The molecule has 3 rings (SSSR count). The number of halogens is 1. The van der Waals surface area contributed by atoms with E-state index in [2.05, 4.69) is 10.3 Å². The Morgan fingerprint density at radius 3 is 2.67 bits per heavy atom. The summed E-state index contributed by atoms with van der Waals surface area (Å²) in [6.07, 6.45) is 3.47. The van der Waals surface area contributed by atoms with E-state index in [4.69, 9.17) is 4.74 Å². The fraction of sp³-hybridized carbons (Fsp3) is 0.111. The Morgan fingerprint density at radius 2 is 2.04 bits per heavy atom. The Hall–Kier alpha value is -3.75. The lowest BCUT2D eigenvalue weighted by Gasteiger charge is -2.08. The molecule has 9 heteroatoms. The molecule has 0 unspecified atom stereocenters. The van der Waals surface area contributed by atoms with E-state index in [0.717, 1.165) is 24.0 Å². The van der Waals surface area contributed by atoms with E-state index in [1.54, 1.807) is 24.5 Å². The average Bonchev–Trinajstić information content (AvgIpc) is 3.07. The van der Waals surface area contributed by atoms with Gasteiger partial charge in [-0.1, -0.05) is 0 Å². The van der Waals surface area contributed by atoms with Crippen molar-refractivity contribution in [3.05, 3.63) is 82.2 Å². The summed E-state index contributed by atoms with van der Waals surface area (Å²) in [5, 5.41) is 13.1. The molecule has 0 atom stereocenters. The van der Waals surface area contributed by atoms with E-state index < -0.39 is 16.6 Å². The highest BCUT2D eigenvalue weighted by Crippen LogP contribution is 2.22. The highest BCUT2D eigenvalue weighted by atomic mass is 19.1. The van der Waals surface area contributed by atoms with Crippen LogP contribution in [0.4, 0.5) is 15.8 Å². The minimum absolute atomic E-state index is 0.255. The van der Waals surface area contributed by atoms with Gasteiger partial charge in [0.1, 0.15) is 24.0 Å². The molecule has 138 valence electrons. The molecule has 0 saturated heterocycles. The molecule has 0 radical (unpaired) electrons. The summed E-state index contributed by atoms with van der Waals surface area (Å²) in [5.74, 6) is -0.0666. The number of anilines is 1. The van der Waals surface area contributed by atoms with Gasteiger partial charge in [0.05, 0.1) is 10.6 Å². The maximum Gasteiger partial charge on any atom is 0.271 e. The van der Waals surface area contributed by atoms with Gasteiger partial charge in [0.2, 0.25) is 0 Å². The van der Waals surface area contributed by atoms with Crippen LogP contribution in [-0.2, 0) is 13.7 Å². The Bertz CT molecular complexity index is 985. The molecule has 3 aromatic rings. The number of hydrogen-bond acceptors (Lipinski definition) is 5. The number of benzene rings is 2. The molecule has 8 nitrogen and oxygen atoms in total. The molecule has 0 aliphatic carbocycles. The summed E-state index contributed by atoms with van der Waals surface area (Å²) < 4.78 is 21.2. The van der Waals surface area contributed by atoms with Crippen LogP contribution in [0.2, 0.25) is 0 Å². The maximum atomic E-state index is 13.8. The third-order valence-corrected chi connectivity index (χ3v) is 3.81. The van der Waals surface area contributed by atoms with Gasteiger partial charge in [-0.15, -0.1) is 0 Å². The normalized spacial score (nSPS) is 10.4. The highest BCUT2D eigenvalue weighted by molar-refractivity contribution is 6.04. The zero-order valence-electron chi connectivity index (χ0n) is 14.3. The van der Waals surface area contributed by atoms with Crippen LogP contribution in [0.15, 0.2) is 54.9 Å². The first-order valence-corrected chi connectivity index (χ1v) is 7.88. The molecule has 1 N–H and O–H groups in total. The van der Waals surface area contributed by atoms with Crippen molar-refractivity contribution < 1.29 is 18.8 Å². The number of nitrogens with zero attached hydrogens (tertiary/aromatic N) is 3. The van der Waals surface area contributed by atoms with Gasteiger partial charge in [-0.25, -0.2) is 9.37 Å². The zero-order valence-corrected chi connectivity index (χ0v) is 14.3. The van der Waals surface area contributed by atoms with Gasteiger partial charge in [0.15, 0.2) is 0 Å². The van der Waals surface area contributed by atoms with Crippen LogP contribution in [0.25, 0.3) is 0 Å². The van der Waals surface area contributed by atoms with Gasteiger partial charge in [-0.3, -0.25) is 14.9 Å². The van der Waals surface area contributed by atoms with Crippen LogP contribution < -0.4 is 10.1 Å². The first kappa shape index (κ1) is 18.1. The highest BCUT2D eigenvalue weighted by Gasteiger charge is 2.14. The molecule has 1 heterocycles. The third-order valence-electron chi connectivity index (χ3n) is 3.81. The fourth-order valence-corrected chi connectivity index (χ4v) is 2.30. The summed E-state index contributed by atoms with van der Waals surface area (Å²) >= 11 is 0. The van der Waals surface area contributed by atoms with E-state index in [0.29, 0.717) is 5.75 Å². The summed E-state index contributed by atoms with van der Waals surface area (Å²) in [5.41, 5.74) is -0.320. The van der Waals surface area contributed by atoms with Crippen LogP contribution in [0, 0.1) is 15.9 Å². The summed E-state index contributed by atoms with van der Waals surface area (Å²) in [4.78, 5) is 26.5. The van der Waals surface area contributed by atoms with Crippen molar-refractivity contribution in [3.8, 4) is 5.75 Å². The number of ether oxygens (including phenoxy) is 1. The zero-order chi connectivity index (χ0) is 19.4. The number of hydrogen-bond donors (Lipinski definition) is 1.